The second-order valence-corrected chi connectivity index (χ2v) is 5.64. The van der Waals surface area contributed by atoms with Crippen LogP contribution >= 0.6 is 0 Å². The smallest absolute Gasteiger partial charge is 0.228 e. The summed E-state index contributed by atoms with van der Waals surface area (Å²) in [6, 6.07) is 17.5. The number of hydrogen-bond donors (Lipinski definition) is 2. The standard InChI is InChI=1S/C20H18FN3O/c21-17-2-1-3-19(13-17)24-20(25)12-15-4-6-18(7-5-15)23-14-16-8-10-22-11-9-16/h1-11,13,23H,12,14H2,(H,24,25). The first-order valence-electron chi connectivity index (χ1n) is 7.96. The van der Waals surface area contributed by atoms with Crippen LogP contribution in [-0.2, 0) is 17.8 Å². The molecule has 0 saturated carbocycles. The third kappa shape index (κ3) is 5.14. The SMILES string of the molecule is O=C(Cc1ccc(NCc2ccncc2)cc1)Nc1cccc(F)c1. The molecule has 0 bridgehead atoms. The first-order valence-corrected chi connectivity index (χ1v) is 7.96. The molecule has 126 valence electrons. The Morgan fingerprint density at radius 3 is 2.40 bits per heavy atom. The molecule has 0 unspecified atom stereocenters. The van der Waals surface area contributed by atoms with E-state index in [4.69, 9.17) is 0 Å². The number of pyridine rings is 1. The maximum atomic E-state index is 13.1. The lowest BCUT2D eigenvalue weighted by Gasteiger charge is -2.08. The first-order chi connectivity index (χ1) is 12.2. The fraction of sp³-hybridized carbons (Fsp3) is 0.100. The van der Waals surface area contributed by atoms with Crippen molar-refractivity contribution in [2.24, 2.45) is 0 Å². The number of aromatic nitrogens is 1. The lowest BCUT2D eigenvalue weighted by Crippen LogP contribution is -2.14. The number of benzene rings is 2. The van der Waals surface area contributed by atoms with E-state index in [1.807, 2.05) is 36.4 Å². The van der Waals surface area contributed by atoms with E-state index in [9.17, 15) is 9.18 Å². The van der Waals surface area contributed by atoms with Crippen molar-refractivity contribution >= 4 is 17.3 Å². The van der Waals surface area contributed by atoms with E-state index < -0.39 is 0 Å². The average molecular weight is 335 g/mol. The molecule has 0 atom stereocenters. The largest absolute Gasteiger partial charge is 0.381 e. The number of carbonyl (C=O) groups excluding carboxylic acids is 1. The van der Waals surface area contributed by atoms with Gasteiger partial charge in [-0.15, -0.1) is 0 Å². The van der Waals surface area contributed by atoms with Gasteiger partial charge in [-0.3, -0.25) is 9.78 Å². The number of rotatable bonds is 6. The minimum atomic E-state index is -0.373. The predicted octanol–water partition coefficient (Wildman–Crippen LogP) is 4.01. The van der Waals surface area contributed by atoms with Gasteiger partial charge in [0.2, 0.25) is 5.91 Å². The maximum absolute atomic E-state index is 13.1. The van der Waals surface area contributed by atoms with Crippen molar-refractivity contribution in [3.8, 4) is 0 Å². The van der Waals surface area contributed by atoms with Crippen molar-refractivity contribution < 1.29 is 9.18 Å². The number of carbonyl (C=O) groups is 1. The normalized spacial score (nSPS) is 10.3. The van der Waals surface area contributed by atoms with Crippen LogP contribution in [0.5, 0.6) is 0 Å². The molecular formula is C20H18FN3O. The fourth-order valence-electron chi connectivity index (χ4n) is 2.40. The van der Waals surface area contributed by atoms with Crippen molar-refractivity contribution in [1.82, 2.24) is 4.98 Å². The summed E-state index contributed by atoms with van der Waals surface area (Å²) in [5.41, 5.74) is 3.48. The molecule has 3 aromatic rings. The zero-order chi connectivity index (χ0) is 17.5. The van der Waals surface area contributed by atoms with E-state index in [0.717, 1.165) is 16.8 Å². The molecule has 2 N–H and O–H groups in total. The predicted molar refractivity (Wildman–Crippen MR) is 96.7 cm³/mol. The van der Waals surface area contributed by atoms with Gasteiger partial charge < -0.3 is 10.6 Å². The van der Waals surface area contributed by atoms with E-state index in [1.165, 1.54) is 12.1 Å². The number of nitrogens with zero attached hydrogens (tertiary/aromatic N) is 1. The Hall–Kier alpha value is -3.21. The van der Waals surface area contributed by atoms with Crippen LogP contribution in [0.2, 0.25) is 0 Å². The molecule has 2 aromatic carbocycles. The quantitative estimate of drug-likeness (QED) is 0.715. The molecule has 0 aliphatic heterocycles. The van der Waals surface area contributed by atoms with Crippen molar-refractivity contribution in [1.29, 1.82) is 0 Å². The Morgan fingerprint density at radius 2 is 1.68 bits per heavy atom. The molecule has 25 heavy (non-hydrogen) atoms. The summed E-state index contributed by atoms with van der Waals surface area (Å²) in [7, 11) is 0. The van der Waals surface area contributed by atoms with Crippen LogP contribution in [0, 0.1) is 5.82 Å². The highest BCUT2D eigenvalue weighted by atomic mass is 19.1. The molecule has 5 heteroatoms. The summed E-state index contributed by atoms with van der Waals surface area (Å²) in [6.45, 7) is 0.710. The van der Waals surface area contributed by atoms with Crippen molar-refractivity contribution in [3.63, 3.8) is 0 Å². The molecule has 4 nitrogen and oxygen atoms in total. The summed E-state index contributed by atoms with van der Waals surface area (Å²) in [5.74, 6) is -0.550. The first kappa shape index (κ1) is 16.6. The van der Waals surface area contributed by atoms with E-state index in [2.05, 4.69) is 15.6 Å². The summed E-state index contributed by atoms with van der Waals surface area (Å²) in [6.07, 6.45) is 3.76. The van der Waals surface area contributed by atoms with Crippen LogP contribution in [0.3, 0.4) is 0 Å². The molecule has 0 aliphatic carbocycles. The van der Waals surface area contributed by atoms with Gasteiger partial charge >= 0.3 is 0 Å². The van der Waals surface area contributed by atoms with Crippen LogP contribution in [0.4, 0.5) is 15.8 Å². The summed E-state index contributed by atoms with van der Waals surface area (Å²) in [5, 5.41) is 6.01. The zero-order valence-electron chi connectivity index (χ0n) is 13.6. The monoisotopic (exact) mass is 335 g/mol. The number of anilines is 2. The second-order valence-electron chi connectivity index (χ2n) is 5.64. The number of halogens is 1. The summed E-state index contributed by atoms with van der Waals surface area (Å²) >= 11 is 0. The number of amides is 1. The van der Waals surface area contributed by atoms with Gasteiger partial charge in [0.1, 0.15) is 5.82 Å². The molecule has 0 saturated heterocycles. The Kier molecular flexibility index (Phi) is 5.36. The van der Waals surface area contributed by atoms with Gasteiger partial charge in [-0.25, -0.2) is 4.39 Å². The fourth-order valence-corrected chi connectivity index (χ4v) is 2.40. The molecule has 0 spiro atoms. The number of nitrogens with one attached hydrogen (secondary N) is 2. The van der Waals surface area contributed by atoms with Crippen molar-refractivity contribution in [2.75, 3.05) is 10.6 Å². The van der Waals surface area contributed by atoms with E-state index >= 15 is 0 Å². The van der Waals surface area contributed by atoms with Gasteiger partial charge in [0, 0.05) is 30.3 Å². The average Bonchev–Trinajstić information content (AvgIpc) is 2.62. The summed E-state index contributed by atoms with van der Waals surface area (Å²) < 4.78 is 13.1. The van der Waals surface area contributed by atoms with Crippen LogP contribution < -0.4 is 10.6 Å². The van der Waals surface area contributed by atoms with Gasteiger partial charge in [0.25, 0.3) is 0 Å². The molecule has 3 rings (SSSR count). The Bertz CT molecular complexity index is 835. The van der Waals surface area contributed by atoms with E-state index in [0.29, 0.717) is 12.2 Å². The number of hydrogen-bond acceptors (Lipinski definition) is 3. The molecule has 1 amide bonds. The minimum Gasteiger partial charge on any atom is -0.381 e. The molecule has 0 radical (unpaired) electrons. The Balaban J connectivity index is 1.52. The highest BCUT2D eigenvalue weighted by Crippen LogP contribution is 2.13. The van der Waals surface area contributed by atoms with Crippen LogP contribution in [-0.4, -0.2) is 10.9 Å². The second kappa shape index (κ2) is 8.06. The van der Waals surface area contributed by atoms with Crippen molar-refractivity contribution in [2.45, 2.75) is 13.0 Å². The molecule has 1 aromatic heterocycles. The van der Waals surface area contributed by atoms with Gasteiger partial charge in [-0.05, 0) is 53.6 Å². The Labute approximate surface area is 145 Å². The highest BCUT2D eigenvalue weighted by Gasteiger charge is 2.05. The van der Waals surface area contributed by atoms with Crippen LogP contribution in [0.25, 0.3) is 0 Å². The lowest BCUT2D eigenvalue weighted by molar-refractivity contribution is -0.115. The minimum absolute atomic E-state index is 0.178. The van der Waals surface area contributed by atoms with Crippen LogP contribution in [0.1, 0.15) is 11.1 Å². The lowest BCUT2D eigenvalue weighted by atomic mass is 10.1. The molecule has 0 fully saturated rings. The molecular weight excluding hydrogens is 317 g/mol. The zero-order valence-corrected chi connectivity index (χ0v) is 13.6. The third-order valence-corrected chi connectivity index (χ3v) is 3.67. The van der Waals surface area contributed by atoms with Gasteiger partial charge in [0.05, 0.1) is 6.42 Å². The van der Waals surface area contributed by atoms with Gasteiger partial charge in [0.15, 0.2) is 0 Å². The van der Waals surface area contributed by atoms with E-state index in [-0.39, 0.29) is 18.1 Å². The topological polar surface area (TPSA) is 54.0 Å². The van der Waals surface area contributed by atoms with Crippen molar-refractivity contribution in [3.05, 3.63) is 90.0 Å². The van der Waals surface area contributed by atoms with Gasteiger partial charge in [-0.2, -0.15) is 0 Å². The highest BCUT2D eigenvalue weighted by molar-refractivity contribution is 5.92. The Morgan fingerprint density at radius 1 is 0.920 bits per heavy atom. The molecule has 0 aliphatic rings. The van der Waals surface area contributed by atoms with E-state index in [1.54, 1.807) is 24.5 Å². The molecule has 1 heterocycles. The van der Waals surface area contributed by atoms with Gasteiger partial charge in [-0.1, -0.05) is 18.2 Å². The maximum Gasteiger partial charge on any atom is 0.228 e. The van der Waals surface area contributed by atoms with Crippen LogP contribution in [0.15, 0.2) is 73.1 Å². The summed E-state index contributed by atoms with van der Waals surface area (Å²) in [4.78, 5) is 16.0. The third-order valence-electron chi connectivity index (χ3n) is 3.67.